The summed E-state index contributed by atoms with van der Waals surface area (Å²) in [6.45, 7) is 12.1. The minimum Gasteiger partial charge on any atom is -0.352 e. The predicted molar refractivity (Wildman–Crippen MR) is 123 cm³/mol. The molecule has 0 bridgehead atoms. The molecule has 1 N–H and O–H groups in total. The lowest BCUT2D eigenvalue weighted by molar-refractivity contribution is 0.0954. The highest BCUT2D eigenvalue weighted by atomic mass is 16.1. The van der Waals surface area contributed by atoms with Gasteiger partial charge in [-0.25, -0.2) is 0 Å². The minimum absolute atomic E-state index is 0.0671. The number of aryl methyl sites for hydroxylation is 1. The summed E-state index contributed by atoms with van der Waals surface area (Å²) in [6, 6.07) is 7.03. The maximum atomic E-state index is 12.7. The Kier molecular flexibility index (Phi) is 7.94. The average molecular weight is 397 g/mol. The van der Waals surface area contributed by atoms with Gasteiger partial charge >= 0.3 is 0 Å². The third-order valence-electron chi connectivity index (χ3n) is 6.79. The number of allylic oxidation sites excluding steroid dienone is 1. The van der Waals surface area contributed by atoms with E-state index in [-0.39, 0.29) is 5.91 Å². The molecule has 1 amide bonds. The van der Waals surface area contributed by atoms with Crippen LogP contribution in [0.2, 0.25) is 0 Å². The molecule has 1 heterocycles. The number of likely N-dealkylation sites (tertiary alicyclic amines) is 1. The summed E-state index contributed by atoms with van der Waals surface area (Å²) in [5, 5.41) is 3.11. The van der Waals surface area contributed by atoms with Crippen molar-refractivity contribution in [1.82, 2.24) is 10.2 Å². The second-order valence-electron chi connectivity index (χ2n) is 9.24. The van der Waals surface area contributed by atoms with E-state index in [1.54, 1.807) is 0 Å². The normalized spacial score (nSPS) is 23.2. The van der Waals surface area contributed by atoms with Crippen molar-refractivity contribution >= 4 is 5.91 Å². The summed E-state index contributed by atoms with van der Waals surface area (Å²) in [5.41, 5.74) is 5.00. The van der Waals surface area contributed by atoms with Crippen LogP contribution in [0.25, 0.3) is 0 Å². The van der Waals surface area contributed by atoms with Crippen LogP contribution in [0.4, 0.5) is 0 Å². The molecule has 1 aliphatic carbocycles. The van der Waals surface area contributed by atoms with Crippen molar-refractivity contribution in [3.05, 3.63) is 46.5 Å². The topological polar surface area (TPSA) is 32.3 Å². The van der Waals surface area contributed by atoms with Crippen LogP contribution in [0.3, 0.4) is 0 Å². The number of nitrogens with zero attached hydrogens (tertiary/aromatic N) is 1. The lowest BCUT2D eigenvalue weighted by Gasteiger charge is -2.38. The van der Waals surface area contributed by atoms with Gasteiger partial charge in [0.1, 0.15) is 0 Å². The highest BCUT2D eigenvalue weighted by Crippen LogP contribution is 2.37. The molecule has 3 heteroatoms. The van der Waals surface area contributed by atoms with Gasteiger partial charge in [0.15, 0.2) is 0 Å². The predicted octanol–water partition coefficient (Wildman–Crippen LogP) is 5.70. The minimum atomic E-state index is 0.0671. The summed E-state index contributed by atoms with van der Waals surface area (Å²) in [5.74, 6) is 1.61. The number of hydrogen-bond acceptors (Lipinski definition) is 2. The van der Waals surface area contributed by atoms with Crippen molar-refractivity contribution in [2.24, 2.45) is 5.92 Å². The first-order valence-electron chi connectivity index (χ1n) is 11.8. The molecule has 1 aromatic rings. The van der Waals surface area contributed by atoms with Crippen LogP contribution in [0.1, 0.15) is 93.6 Å². The van der Waals surface area contributed by atoms with E-state index in [0.717, 1.165) is 30.7 Å². The molecule has 2 unspecified atom stereocenters. The standard InChI is InChI=1S/C26H40N2O/c1-5-7-19(3)12-14-27-26(29)24-11-10-22(6-2)25(17-24)23-13-15-28(20(4)16-23)18-21-8-9-21/h7,10-11,17,20-21,23H,5-6,8-9,12-16,18H2,1-4H3,(H,27,29)/b19-7+. The monoisotopic (exact) mass is 396 g/mol. The van der Waals surface area contributed by atoms with Crippen molar-refractivity contribution in [3.63, 3.8) is 0 Å². The number of carbonyl (C=O) groups is 1. The Morgan fingerprint density at radius 3 is 2.69 bits per heavy atom. The van der Waals surface area contributed by atoms with Gasteiger partial charge < -0.3 is 10.2 Å². The second kappa shape index (κ2) is 10.4. The lowest BCUT2D eigenvalue weighted by Crippen LogP contribution is -2.41. The van der Waals surface area contributed by atoms with E-state index in [1.807, 2.05) is 6.07 Å². The number of amides is 1. The molecule has 3 rings (SSSR count). The van der Waals surface area contributed by atoms with E-state index in [1.165, 1.54) is 55.5 Å². The highest BCUT2D eigenvalue weighted by molar-refractivity contribution is 5.94. The van der Waals surface area contributed by atoms with E-state index in [4.69, 9.17) is 0 Å². The van der Waals surface area contributed by atoms with Gasteiger partial charge in [-0.05, 0) is 100 Å². The molecule has 2 atom stereocenters. The fraction of sp³-hybridized carbons (Fsp3) is 0.654. The second-order valence-corrected chi connectivity index (χ2v) is 9.24. The molecule has 2 fully saturated rings. The van der Waals surface area contributed by atoms with Crippen molar-refractivity contribution < 1.29 is 4.79 Å². The molecule has 0 spiro atoms. The molecule has 160 valence electrons. The lowest BCUT2D eigenvalue weighted by atomic mass is 9.82. The molecular formula is C26H40N2O. The summed E-state index contributed by atoms with van der Waals surface area (Å²) in [4.78, 5) is 15.4. The summed E-state index contributed by atoms with van der Waals surface area (Å²) < 4.78 is 0. The van der Waals surface area contributed by atoms with E-state index in [9.17, 15) is 4.79 Å². The van der Waals surface area contributed by atoms with E-state index in [2.05, 4.69) is 56.1 Å². The zero-order valence-corrected chi connectivity index (χ0v) is 19.0. The van der Waals surface area contributed by atoms with E-state index in [0.29, 0.717) is 18.5 Å². The molecule has 1 saturated heterocycles. The highest BCUT2D eigenvalue weighted by Gasteiger charge is 2.32. The Hall–Kier alpha value is -1.61. The maximum absolute atomic E-state index is 12.7. The number of rotatable bonds is 9. The summed E-state index contributed by atoms with van der Waals surface area (Å²) in [6.07, 6.45) is 10.5. The van der Waals surface area contributed by atoms with Crippen LogP contribution in [0.5, 0.6) is 0 Å². The maximum Gasteiger partial charge on any atom is 0.251 e. The van der Waals surface area contributed by atoms with Crippen LogP contribution in [-0.4, -0.2) is 36.5 Å². The van der Waals surface area contributed by atoms with Crippen molar-refractivity contribution in [2.75, 3.05) is 19.6 Å². The Balaban J connectivity index is 1.64. The van der Waals surface area contributed by atoms with E-state index >= 15 is 0 Å². The van der Waals surface area contributed by atoms with Gasteiger partial charge in [-0.2, -0.15) is 0 Å². The van der Waals surface area contributed by atoms with E-state index < -0.39 is 0 Å². The first-order valence-corrected chi connectivity index (χ1v) is 11.8. The van der Waals surface area contributed by atoms with Crippen molar-refractivity contribution in [3.8, 4) is 0 Å². The molecule has 1 saturated carbocycles. The Morgan fingerprint density at radius 1 is 1.24 bits per heavy atom. The number of carbonyl (C=O) groups excluding carboxylic acids is 1. The summed E-state index contributed by atoms with van der Waals surface area (Å²) >= 11 is 0. The third-order valence-corrected chi connectivity index (χ3v) is 6.79. The first kappa shape index (κ1) is 22.1. The molecule has 3 nitrogen and oxygen atoms in total. The van der Waals surface area contributed by atoms with Gasteiger partial charge in [-0.3, -0.25) is 4.79 Å². The van der Waals surface area contributed by atoms with Crippen LogP contribution in [0, 0.1) is 5.92 Å². The molecule has 0 aromatic heterocycles. The van der Waals surface area contributed by atoms with Crippen LogP contribution < -0.4 is 5.32 Å². The zero-order chi connectivity index (χ0) is 20.8. The van der Waals surface area contributed by atoms with Crippen LogP contribution in [0.15, 0.2) is 29.8 Å². The SMILES string of the molecule is CC/C=C(\C)CCNC(=O)c1ccc(CC)c(C2CCN(CC3CC3)C(C)C2)c1. The fourth-order valence-corrected chi connectivity index (χ4v) is 4.77. The number of hydrogen-bond donors (Lipinski definition) is 1. The molecule has 2 aliphatic rings. The molecule has 1 aliphatic heterocycles. The zero-order valence-electron chi connectivity index (χ0n) is 19.0. The summed E-state index contributed by atoms with van der Waals surface area (Å²) in [7, 11) is 0. The molecule has 29 heavy (non-hydrogen) atoms. The first-order chi connectivity index (χ1) is 14.0. The molecule has 1 aromatic carbocycles. The third kappa shape index (κ3) is 6.18. The van der Waals surface area contributed by atoms with Gasteiger partial charge in [0.2, 0.25) is 0 Å². The smallest absolute Gasteiger partial charge is 0.251 e. The van der Waals surface area contributed by atoms with Gasteiger partial charge in [-0.1, -0.05) is 31.6 Å². The number of piperidine rings is 1. The Labute approximate surface area is 178 Å². The van der Waals surface area contributed by atoms with Crippen LogP contribution >= 0.6 is 0 Å². The number of nitrogens with one attached hydrogen (secondary N) is 1. The average Bonchev–Trinajstić information content (AvgIpc) is 3.53. The van der Waals surface area contributed by atoms with Gasteiger partial charge in [-0.15, -0.1) is 0 Å². The number of benzene rings is 1. The molecule has 0 radical (unpaired) electrons. The van der Waals surface area contributed by atoms with Gasteiger partial charge in [0, 0.05) is 24.7 Å². The quantitative estimate of drug-likeness (QED) is 0.543. The largest absolute Gasteiger partial charge is 0.352 e. The molecular weight excluding hydrogens is 356 g/mol. The Morgan fingerprint density at radius 2 is 2.03 bits per heavy atom. The van der Waals surface area contributed by atoms with Crippen molar-refractivity contribution in [2.45, 2.75) is 84.6 Å². The van der Waals surface area contributed by atoms with Crippen LogP contribution in [-0.2, 0) is 6.42 Å². The Bertz CT molecular complexity index is 719. The fourth-order valence-electron chi connectivity index (χ4n) is 4.77. The van der Waals surface area contributed by atoms with Crippen molar-refractivity contribution in [1.29, 1.82) is 0 Å². The van der Waals surface area contributed by atoms with Gasteiger partial charge in [0.05, 0.1) is 0 Å². The van der Waals surface area contributed by atoms with Gasteiger partial charge in [0.25, 0.3) is 5.91 Å².